The number of aryl methyl sites for hydroxylation is 2. The molecule has 10 nitrogen and oxygen atoms in total. The largest absolute Gasteiger partial charge is 0.475 e. The molecule has 1 aromatic carbocycles. The van der Waals surface area contributed by atoms with Crippen LogP contribution in [0.2, 0.25) is 0 Å². The minimum absolute atomic E-state index is 0.0457. The summed E-state index contributed by atoms with van der Waals surface area (Å²) in [6.07, 6.45) is 6.08. The van der Waals surface area contributed by atoms with Gasteiger partial charge >= 0.3 is 6.03 Å². The Morgan fingerprint density at radius 1 is 1.44 bits per heavy atom. The quantitative estimate of drug-likeness (QED) is 0.621. The van der Waals surface area contributed by atoms with Gasteiger partial charge in [0.1, 0.15) is 17.5 Å². The number of nitrogens with zero attached hydrogens (tertiary/aromatic N) is 3. The van der Waals surface area contributed by atoms with Gasteiger partial charge in [0.25, 0.3) is 0 Å². The van der Waals surface area contributed by atoms with Gasteiger partial charge in [0, 0.05) is 18.7 Å². The molecule has 32 heavy (non-hydrogen) atoms. The van der Waals surface area contributed by atoms with Crippen LogP contribution in [0.4, 0.5) is 10.5 Å². The number of carbonyl (C=O) groups is 1. The molecule has 2 aliphatic carbocycles. The summed E-state index contributed by atoms with van der Waals surface area (Å²) < 4.78 is 29.3. The van der Waals surface area contributed by atoms with Crippen molar-refractivity contribution in [3.05, 3.63) is 34.5 Å². The van der Waals surface area contributed by atoms with E-state index in [2.05, 4.69) is 20.8 Å². The van der Waals surface area contributed by atoms with Gasteiger partial charge in [-0.05, 0) is 54.4 Å². The second kappa shape index (κ2) is 8.14. The fourth-order valence-corrected chi connectivity index (χ4v) is 6.08. The Morgan fingerprint density at radius 3 is 3.06 bits per heavy atom. The lowest BCUT2D eigenvalue weighted by Gasteiger charge is -2.19. The Labute approximate surface area is 186 Å². The minimum atomic E-state index is -3.60. The molecule has 2 amide bonds. The SMILES string of the molecule is COC[C@H]1CCc2cc3c(c(NC(=O)N=S(N)(=O)c4cnn5c4OC[C@H]5CO)c21)CCC3. The number of nitrogens with one attached hydrogen (secondary N) is 1. The van der Waals surface area contributed by atoms with Gasteiger partial charge in [0.15, 0.2) is 9.92 Å². The molecule has 0 bridgehead atoms. The summed E-state index contributed by atoms with van der Waals surface area (Å²) in [7, 11) is -1.92. The number of nitrogens with two attached hydrogens (primary N) is 1. The molecule has 2 heterocycles. The van der Waals surface area contributed by atoms with E-state index in [1.807, 2.05) is 0 Å². The molecule has 1 aromatic heterocycles. The highest BCUT2D eigenvalue weighted by atomic mass is 32.2. The lowest BCUT2D eigenvalue weighted by molar-refractivity contribution is 0.179. The molecule has 5 rings (SSSR count). The van der Waals surface area contributed by atoms with Crippen LogP contribution in [0.5, 0.6) is 5.88 Å². The average molecular weight is 462 g/mol. The highest BCUT2D eigenvalue weighted by Crippen LogP contribution is 2.44. The molecule has 1 aliphatic heterocycles. The maximum absolute atomic E-state index is 13.2. The lowest BCUT2D eigenvalue weighted by atomic mass is 9.94. The van der Waals surface area contributed by atoms with Gasteiger partial charge in [-0.25, -0.2) is 18.8 Å². The van der Waals surface area contributed by atoms with Gasteiger partial charge in [-0.3, -0.25) is 0 Å². The first-order valence-electron chi connectivity index (χ1n) is 10.8. The fourth-order valence-electron chi connectivity index (χ4n) is 5.09. The molecule has 3 atom stereocenters. The first kappa shape index (κ1) is 21.4. The fraction of sp³-hybridized carbons (Fsp3) is 0.524. The third kappa shape index (κ3) is 3.49. The van der Waals surface area contributed by atoms with Gasteiger partial charge in [-0.1, -0.05) is 6.07 Å². The average Bonchev–Trinajstić information content (AvgIpc) is 3.51. The van der Waals surface area contributed by atoms with Crippen molar-refractivity contribution >= 4 is 21.6 Å². The number of anilines is 1. The first-order valence-corrected chi connectivity index (χ1v) is 12.3. The van der Waals surface area contributed by atoms with Crippen LogP contribution in [0.3, 0.4) is 0 Å². The molecule has 0 fully saturated rings. The van der Waals surface area contributed by atoms with Crippen molar-refractivity contribution in [2.75, 3.05) is 32.2 Å². The second-order valence-electron chi connectivity index (χ2n) is 8.50. The standard InChI is InChI=1S/C21H27N5O5S/c1-30-10-14-6-5-13-7-12-3-2-4-16(12)19(18(13)14)24-21(28)25-32(22,29)17-8-23-26-15(9-27)11-31-20(17)26/h7-8,14-15,27H,2-6,9-11H2,1H3,(H3,22,24,25,28,29)/t14-,15-,32?/m1/s1. The van der Waals surface area contributed by atoms with Crippen LogP contribution in [0, 0.1) is 0 Å². The molecule has 3 aliphatic rings. The van der Waals surface area contributed by atoms with Crippen LogP contribution in [0.15, 0.2) is 21.5 Å². The van der Waals surface area contributed by atoms with Crippen molar-refractivity contribution < 1.29 is 23.6 Å². The minimum Gasteiger partial charge on any atom is -0.475 e. The highest BCUT2D eigenvalue weighted by molar-refractivity contribution is 7.91. The topological polar surface area (TPSA) is 141 Å². The van der Waals surface area contributed by atoms with E-state index < -0.39 is 15.9 Å². The maximum Gasteiger partial charge on any atom is 0.354 e. The number of rotatable bonds is 5. The monoisotopic (exact) mass is 461 g/mol. The Kier molecular flexibility index (Phi) is 5.44. The number of methoxy groups -OCH3 is 1. The van der Waals surface area contributed by atoms with Crippen molar-refractivity contribution in [1.82, 2.24) is 9.78 Å². The van der Waals surface area contributed by atoms with Gasteiger partial charge in [-0.15, -0.1) is 4.36 Å². The van der Waals surface area contributed by atoms with Crippen molar-refractivity contribution in [1.29, 1.82) is 0 Å². The third-order valence-corrected chi connectivity index (χ3v) is 7.86. The molecule has 0 radical (unpaired) electrons. The second-order valence-corrected chi connectivity index (χ2v) is 10.3. The molecular weight excluding hydrogens is 434 g/mol. The highest BCUT2D eigenvalue weighted by Gasteiger charge is 2.33. The normalized spacial score (nSPS) is 22.6. The molecule has 4 N–H and O–H groups in total. The first-order chi connectivity index (χ1) is 15.4. The van der Waals surface area contributed by atoms with Crippen LogP contribution < -0.4 is 15.2 Å². The maximum atomic E-state index is 13.2. The van der Waals surface area contributed by atoms with Gasteiger partial charge in [0.2, 0.25) is 5.88 Å². The number of fused-ring (bicyclic) bond motifs is 3. The summed E-state index contributed by atoms with van der Waals surface area (Å²) in [6, 6.07) is 1.12. The van der Waals surface area contributed by atoms with E-state index in [4.69, 9.17) is 14.6 Å². The van der Waals surface area contributed by atoms with Crippen LogP contribution >= 0.6 is 0 Å². The molecule has 11 heteroatoms. The zero-order chi connectivity index (χ0) is 22.5. The number of aliphatic hydroxyl groups is 1. The predicted octanol–water partition coefficient (Wildman–Crippen LogP) is 1.91. The van der Waals surface area contributed by atoms with E-state index in [-0.39, 0.29) is 35.9 Å². The smallest absolute Gasteiger partial charge is 0.354 e. The summed E-state index contributed by atoms with van der Waals surface area (Å²) in [5, 5.41) is 22.4. The van der Waals surface area contributed by atoms with Crippen LogP contribution in [0.25, 0.3) is 0 Å². The summed E-state index contributed by atoms with van der Waals surface area (Å²) in [5.74, 6) is 0.371. The van der Waals surface area contributed by atoms with E-state index in [0.29, 0.717) is 6.61 Å². The zero-order valence-electron chi connectivity index (χ0n) is 17.9. The van der Waals surface area contributed by atoms with Crippen LogP contribution in [-0.4, -0.2) is 52.1 Å². The number of hydrogen-bond donors (Lipinski definition) is 3. The van der Waals surface area contributed by atoms with Gasteiger partial charge in [0.05, 0.1) is 19.4 Å². The summed E-state index contributed by atoms with van der Waals surface area (Å²) >= 11 is 0. The van der Waals surface area contributed by atoms with Crippen LogP contribution in [-0.2, 0) is 33.9 Å². The molecule has 0 spiro atoms. The molecule has 172 valence electrons. The zero-order valence-corrected chi connectivity index (χ0v) is 18.7. The molecule has 0 saturated carbocycles. The van der Waals surface area contributed by atoms with Gasteiger partial charge < -0.3 is 19.9 Å². The predicted molar refractivity (Wildman–Crippen MR) is 117 cm³/mol. The summed E-state index contributed by atoms with van der Waals surface area (Å²) in [4.78, 5) is 13.0. The lowest BCUT2D eigenvalue weighted by Crippen LogP contribution is -2.19. The number of amides is 2. The van der Waals surface area contributed by atoms with Crippen molar-refractivity contribution in [2.45, 2.75) is 49.0 Å². The van der Waals surface area contributed by atoms with E-state index in [1.54, 1.807) is 7.11 Å². The Morgan fingerprint density at radius 2 is 2.28 bits per heavy atom. The van der Waals surface area contributed by atoms with Crippen LogP contribution in [0.1, 0.15) is 47.1 Å². The van der Waals surface area contributed by atoms with E-state index in [0.717, 1.165) is 48.9 Å². The summed E-state index contributed by atoms with van der Waals surface area (Å²) in [6.45, 7) is 0.591. The Bertz CT molecular complexity index is 1200. The molecule has 2 aromatic rings. The van der Waals surface area contributed by atoms with E-state index >= 15 is 0 Å². The number of hydrogen-bond acceptors (Lipinski definition) is 6. The molecule has 0 saturated heterocycles. The molecular formula is C21H27N5O5S. The van der Waals surface area contributed by atoms with Crippen molar-refractivity contribution in [3.63, 3.8) is 0 Å². The molecule has 1 unspecified atom stereocenters. The number of carbonyl (C=O) groups excluding carboxylic acids is 1. The number of benzene rings is 1. The van der Waals surface area contributed by atoms with Gasteiger partial charge in [-0.2, -0.15) is 5.10 Å². The number of ether oxygens (including phenoxy) is 2. The number of aromatic nitrogens is 2. The van der Waals surface area contributed by atoms with Crippen molar-refractivity contribution in [3.8, 4) is 5.88 Å². The summed E-state index contributed by atoms with van der Waals surface area (Å²) in [5.41, 5.74) is 5.48. The van der Waals surface area contributed by atoms with Crippen molar-refractivity contribution in [2.24, 2.45) is 9.50 Å². The number of aliphatic hydroxyl groups excluding tert-OH is 1. The number of urea groups is 1. The van der Waals surface area contributed by atoms with E-state index in [9.17, 15) is 14.1 Å². The Balaban J connectivity index is 1.49. The Hall–Kier alpha value is -2.47. The third-order valence-electron chi connectivity index (χ3n) is 6.52. The van der Waals surface area contributed by atoms with E-state index in [1.165, 1.54) is 22.0 Å².